The van der Waals surface area contributed by atoms with Crippen LogP contribution in [0.3, 0.4) is 0 Å². The van der Waals surface area contributed by atoms with Crippen LogP contribution in [0.25, 0.3) is 0 Å². The Bertz CT molecular complexity index is 825. The maximum Gasteiger partial charge on any atom is 0.248 e. The Morgan fingerprint density at radius 1 is 1.23 bits per heavy atom. The highest BCUT2D eigenvalue weighted by atomic mass is 16.1. The lowest BCUT2D eigenvalue weighted by atomic mass is 9.84. The summed E-state index contributed by atoms with van der Waals surface area (Å²) in [5.41, 5.74) is 8.79. The Labute approximate surface area is 154 Å². The molecule has 1 amide bonds. The molecular weight excluding hydrogens is 322 g/mol. The van der Waals surface area contributed by atoms with Gasteiger partial charge in [0.05, 0.1) is 11.7 Å². The fourth-order valence-corrected chi connectivity index (χ4v) is 5.57. The van der Waals surface area contributed by atoms with Crippen molar-refractivity contribution >= 4 is 5.91 Å². The molecule has 2 N–H and O–H groups in total. The number of carbonyl (C=O) groups excluding carboxylic acids is 1. The van der Waals surface area contributed by atoms with Gasteiger partial charge in [0.25, 0.3) is 0 Å². The minimum Gasteiger partial charge on any atom is -0.366 e. The van der Waals surface area contributed by atoms with E-state index in [1.807, 2.05) is 18.2 Å². The zero-order valence-corrected chi connectivity index (χ0v) is 15.3. The highest BCUT2D eigenvalue weighted by Crippen LogP contribution is 2.66. The molecule has 4 heteroatoms. The Kier molecular flexibility index (Phi) is 3.70. The van der Waals surface area contributed by atoms with Gasteiger partial charge in [-0.15, -0.1) is 0 Å². The van der Waals surface area contributed by atoms with Crippen molar-refractivity contribution in [2.45, 2.75) is 56.9 Å². The lowest BCUT2D eigenvalue weighted by Crippen LogP contribution is -2.18. The summed E-state index contributed by atoms with van der Waals surface area (Å²) in [6.45, 7) is 2.24. The molecule has 3 aliphatic rings. The van der Waals surface area contributed by atoms with Crippen LogP contribution >= 0.6 is 0 Å². The predicted molar refractivity (Wildman–Crippen MR) is 101 cm³/mol. The summed E-state index contributed by atoms with van der Waals surface area (Å²) < 4.78 is 2.23. The van der Waals surface area contributed by atoms with Crippen molar-refractivity contribution in [2.24, 2.45) is 23.5 Å². The molecule has 26 heavy (non-hydrogen) atoms. The second-order valence-corrected chi connectivity index (χ2v) is 8.49. The molecule has 4 nitrogen and oxygen atoms in total. The molecule has 0 unspecified atom stereocenters. The Balaban J connectivity index is 1.30. The molecule has 1 aromatic carbocycles. The molecule has 0 aliphatic heterocycles. The van der Waals surface area contributed by atoms with E-state index in [2.05, 4.69) is 29.9 Å². The fourth-order valence-electron chi connectivity index (χ4n) is 5.57. The third kappa shape index (κ3) is 2.58. The van der Waals surface area contributed by atoms with Gasteiger partial charge in [-0.25, -0.2) is 0 Å². The predicted octanol–water partition coefficient (Wildman–Crippen LogP) is 4.25. The SMILES string of the molecule is CC[C@@H](c1ccccc1C(N)=O)C1[C@@H]2CC(n3ccc(C4CC4)n3)C[C@@H]12. The summed E-state index contributed by atoms with van der Waals surface area (Å²) in [4.78, 5) is 11.8. The summed E-state index contributed by atoms with van der Waals surface area (Å²) in [6.07, 6.45) is 8.35. The molecule has 0 spiro atoms. The molecule has 3 saturated carbocycles. The summed E-state index contributed by atoms with van der Waals surface area (Å²) >= 11 is 0. The molecule has 0 saturated heterocycles. The number of primary amides is 1. The van der Waals surface area contributed by atoms with Crippen LogP contribution in [-0.2, 0) is 0 Å². The van der Waals surface area contributed by atoms with Crippen molar-refractivity contribution in [3.8, 4) is 0 Å². The van der Waals surface area contributed by atoms with Crippen LogP contribution < -0.4 is 5.73 Å². The van der Waals surface area contributed by atoms with E-state index in [0.717, 1.165) is 29.7 Å². The summed E-state index contributed by atoms with van der Waals surface area (Å²) in [5.74, 6) is 3.14. The van der Waals surface area contributed by atoms with E-state index in [9.17, 15) is 4.79 Å². The molecule has 0 bridgehead atoms. The van der Waals surface area contributed by atoms with Crippen LogP contribution in [0, 0.1) is 17.8 Å². The van der Waals surface area contributed by atoms with E-state index in [0.29, 0.717) is 23.4 Å². The molecule has 3 fully saturated rings. The van der Waals surface area contributed by atoms with Crippen molar-refractivity contribution in [3.63, 3.8) is 0 Å². The average Bonchev–Trinajstić information content (AvgIpc) is 3.49. The van der Waals surface area contributed by atoms with E-state index in [1.54, 1.807) is 0 Å². The highest BCUT2D eigenvalue weighted by molar-refractivity contribution is 5.94. The largest absolute Gasteiger partial charge is 0.366 e. The van der Waals surface area contributed by atoms with Crippen molar-refractivity contribution in [3.05, 3.63) is 53.3 Å². The van der Waals surface area contributed by atoms with Crippen LogP contribution in [0.15, 0.2) is 36.5 Å². The summed E-state index contributed by atoms with van der Waals surface area (Å²) in [6, 6.07) is 10.7. The number of carbonyl (C=O) groups is 1. The minimum absolute atomic E-state index is 0.299. The van der Waals surface area contributed by atoms with Gasteiger partial charge in [-0.3, -0.25) is 9.48 Å². The number of hydrogen-bond acceptors (Lipinski definition) is 2. The molecule has 2 aromatic rings. The van der Waals surface area contributed by atoms with E-state index in [1.165, 1.54) is 31.4 Å². The first-order chi connectivity index (χ1) is 12.7. The first-order valence-corrected chi connectivity index (χ1v) is 10.1. The second-order valence-electron chi connectivity index (χ2n) is 8.49. The van der Waals surface area contributed by atoms with Crippen molar-refractivity contribution in [1.29, 1.82) is 0 Å². The fraction of sp³-hybridized carbons (Fsp3) is 0.545. The topological polar surface area (TPSA) is 60.9 Å². The van der Waals surface area contributed by atoms with Crippen LogP contribution in [-0.4, -0.2) is 15.7 Å². The first kappa shape index (κ1) is 16.1. The van der Waals surface area contributed by atoms with Gasteiger partial charge < -0.3 is 5.73 Å². The van der Waals surface area contributed by atoms with Crippen molar-refractivity contribution in [2.75, 3.05) is 0 Å². The van der Waals surface area contributed by atoms with Gasteiger partial charge >= 0.3 is 0 Å². The monoisotopic (exact) mass is 349 g/mol. The number of benzene rings is 1. The Hall–Kier alpha value is -2.10. The second kappa shape index (κ2) is 5.97. The van der Waals surface area contributed by atoms with Crippen LogP contribution in [0.4, 0.5) is 0 Å². The van der Waals surface area contributed by atoms with Gasteiger partial charge in [0, 0.05) is 17.7 Å². The molecule has 3 atom stereocenters. The highest BCUT2D eigenvalue weighted by Gasteiger charge is 2.59. The first-order valence-electron chi connectivity index (χ1n) is 10.1. The number of nitrogens with two attached hydrogens (primary N) is 1. The summed E-state index contributed by atoms with van der Waals surface area (Å²) in [5, 5.41) is 4.85. The number of fused-ring (bicyclic) bond motifs is 1. The third-order valence-electron chi connectivity index (χ3n) is 7.02. The lowest BCUT2D eigenvalue weighted by molar-refractivity contribution is 0.0998. The van der Waals surface area contributed by atoms with Crippen LogP contribution in [0.2, 0.25) is 0 Å². The van der Waals surface area contributed by atoms with E-state index in [4.69, 9.17) is 10.8 Å². The molecular formula is C22H27N3O. The molecule has 1 aromatic heterocycles. The number of nitrogens with zero attached hydrogens (tertiary/aromatic N) is 2. The molecule has 5 rings (SSSR count). The standard InChI is InChI=1S/C22H27N3O/c1-2-15(16-5-3-4-6-17(16)22(23)26)21-18-11-14(12-19(18)21)25-10-9-20(24-25)13-7-8-13/h3-6,9-10,13-15,18-19,21H,2,7-8,11-12H2,1H3,(H2,23,26)/t14?,15-,18+,19+,21?/m0/s1. The average molecular weight is 349 g/mol. The smallest absolute Gasteiger partial charge is 0.248 e. The van der Waals surface area contributed by atoms with Crippen LogP contribution in [0.5, 0.6) is 0 Å². The van der Waals surface area contributed by atoms with Crippen molar-refractivity contribution < 1.29 is 4.79 Å². The van der Waals surface area contributed by atoms with Crippen LogP contribution in [0.1, 0.15) is 78.5 Å². The normalized spacial score (nSPS) is 28.7. The van der Waals surface area contributed by atoms with E-state index >= 15 is 0 Å². The van der Waals surface area contributed by atoms with Gasteiger partial charge in [-0.05, 0) is 73.5 Å². The van der Waals surface area contributed by atoms with Gasteiger partial charge in [0.15, 0.2) is 0 Å². The van der Waals surface area contributed by atoms with Crippen molar-refractivity contribution in [1.82, 2.24) is 9.78 Å². The number of hydrogen-bond donors (Lipinski definition) is 1. The lowest BCUT2D eigenvalue weighted by Gasteiger charge is -2.22. The molecule has 1 heterocycles. The maximum absolute atomic E-state index is 11.8. The van der Waals surface area contributed by atoms with Gasteiger partial charge in [0.1, 0.15) is 0 Å². The maximum atomic E-state index is 11.8. The molecule has 136 valence electrons. The van der Waals surface area contributed by atoms with Gasteiger partial charge in [0.2, 0.25) is 5.91 Å². The summed E-state index contributed by atoms with van der Waals surface area (Å²) in [7, 11) is 0. The van der Waals surface area contributed by atoms with E-state index < -0.39 is 0 Å². The third-order valence-corrected chi connectivity index (χ3v) is 7.02. The quantitative estimate of drug-likeness (QED) is 0.847. The minimum atomic E-state index is -0.299. The number of rotatable bonds is 6. The van der Waals surface area contributed by atoms with Gasteiger partial charge in [-0.1, -0.05) is 25.1 Å². The molecule has 3 aliphatic carbocycles. The van der Waals surface area contributed by atoms with Gasteiger partial charge in [-0.2, -0.15) is 5.10 Å². The molecule has 0 radical (unpaired) electrons. The zero-order chi connectivity index (χ0) is 17.8. The number of amides is 1. The Morgan fingerprint density at radius 2 is 1.96 bits per heavy atom. The number of aromatic nitrogens is 2. The zero-order valence-electron chi connectivity index (χ0n) is 15.3. The van der Waals surface area contributed by atoms with E-state index in [-0.39, 0.29) is 5.91 Å². The Morgan fingerprint density at radius 3 is 2.62 bits per heavy atom.